The second-order valence-electron chi connectivity index (χ2n) is 4.41. The van der Waals surface area contributed by atoms with Gasteiger partial charge < -0.3 is 14.4 Å². The van der Waals surface area contributed by atoms with Crippen LogP contribution in [0.2, 0.25) is 0 Å². The summed E-state index contributed by atoms with van der Waals surface area (Å²) in [6.07, 6.45) is -2.91. The van der Waals surface area contributed by atoms with E-state index in [-0.39, 0.29) is 6.54 Å². The number of hydrogen-bond donors (Lipinski definition) is 1. The van der Waals surface area contributed by atoms with Gasteiger partial charge in [-0.25, -0.2) is 4.79 Å². The predicted molar refractivity (Wildman–Crippen MR) is 68.5 cm³/mol. The molecule has 2 aromatic rings. The Morgan fingerprint density at radius 3 is 2.29 bits per heavy atom. The minimum atomic E-state index is -4.70. The molecule has 0 aliphatic carbocycles. The number of methoxy groups -OCH3 is 1. The number of aromatic nitrogens is 1. The van der Waals surface area contributed by atoms with Crippen molar-refractivity contribution in [3.63, 3.8) is 0 Å². The van der Waals surface area contributed by atoms with Crippen molar-refractivity contribution in [3.8, 4) is 5.75 Å². The highest BCUT2D eigenvalue weighted by molar-refractivity contribution is 5.89. The van der Waals surface area contributed by atoms with Crippen molar-refractivity contribution in [2.75, 3.05) is 7.11 Å². The number of halogens is 3. The van der Waals surface area contributed by atoms with Gasteiger partial charge >= 0.3 is 12.1 Å². The molecule has 1 N–H and O–H groups in total. The van der Waals surface area contributed by atoms with Crippen molar-refractivity contribution in [3.05, 3.63) is 53.3 Å². The van der Waals surface area contributed by atoms with E-state index in [0.717, 1.165) is 18.0 Å². The molecule has 0 bridgehead atoms. The molecule has 0 amide bonds. The maximum Gasteiger partial charge on any atom is 0.418 e. The Morgan fingerprint density at radius 1 is 1.24 bits per heavy atom. The molecular formula is C14H12F3NO3. The number of alkyl halides is 3. The molecule has 2 rings (SSSR count). The number of carboxylic acids is 1. The summed E-state index contributed by atoms with van der Waals surface area (Å²) in [6.45, 7) is 0.139. The van der Waals surface area contributed by atoms with Gasteiger partial charge in [0.25, 0.3) is 0 Å². The van der Waals surface area contributed by atoms with Crippen LogP contribution in [0.15, 0.2) is 36.7 Å². The fraction of sp³-hybridized carbons (Fsp3) is 0.214. The van der Waals surface area contributed by atoms with E-state index in [1.807, 2.05) is 0 Å². The first-order valence-electron chi connectivity index (χ1n) is 5.94. The largest absolute Gasteiger partial charge is 0.497 e. The molecule has 21 heavy (non-hydrogen) atoms. The minimum absolute atomic E-state index is 0.139. The number of carbonyl (C=O) groups is 1. The Labute approximate surface area is 118 Å². The van der Waals surface area contributed by atoms with Gasteiger partial charge in [-0.3, -0.25) is 0 Å². The molecule has 0 saturated heterocycles. The minimum Gasteiger partial charge on any atom is -0.497 e. The molecule has 0 spiro atoms. The maximum atomic E-state index is 12.8. The van der Waals surface area contributed by atoms with Gasteiger partial charge in [0.1, 0.15) is 5.75 Å². The zero-order chi connectivity index (χ0) is 15.6. The molecule has 0 saturated carbocycles. The van der Waals surface area contributed by atoms with Gasteiger partial charge in [-0.2, -0.15) is 13.2 Å². The summed E-state index contributed by atoms with van der Waals surface area (Å²) in [6, 6.07) is 6.77. The zero-order valence-electron chi connectivity index (χ0n) is 11.0. The van der Waals surface area contributed by atoms with Crippen molar-refractivity contribution < 1.29 is 27.8 Å². The second-order valence-corrected chi connectivity index (χ2v) is 4.41. The van der Waals surface area contributed by atoms with Crippen LogP contribution < -0.4 is 4.74 Å². The van der Waals surface area contributed by atoms with Crippen LogP contribution in [0, 0.1) is 0 Å². The Morgan fingerprint density at radius 2 is 1.86 bits per heavy atom. The number of hydrogen-bond acceptors (Lipinski definition) is 2. The lowest BCUT2D eigenvalue weighted by atomic mass is 10.2. The van der Waals surface area contributed by atoms with Crippen LogP contribution in [0.1, 0.15) is 21.5 Å². The molecular weight excluding hydrogens is 287 g/mol. The van der Waals surface area contributed by atoms with Crippen LogP contribution in [0.4, 0.5) is 13.2 Å². The molecule has 0 atom stereocenters. The first-order chi connectivity index (χ1) is 9.81. The molecule has 1 aromatic heterocycles. The standard InChI is InChI=1S/C14H12F3NO3/c1-21-10-4-2-9(3-5-10)6-18-7-11(13(19)20)12(8-18)14(15,16)17/h2-5,7-8H,6H2,1H3,(H,19,20). The van der Waals surface area contributed by atoms with Gasteiger partial charge in [0.2, 0.25) is 0 Å². The maximum absolute atomic E-state index is 12.8. The summed E-state index contributed by atoms with van der Waals surface area (Å²) in [4.78, 5) is 10.9. The number of carboxylic acid groups (broad SMARTS) is 1. The molecule has 0 aliphatic heterocycles. The summed E-state index contributed by atoms with van der Waals surface area (Å²) >= 11 is 0. The molecule has 1 aromatic carbocycles. The fourth-order valence-corrected chi connectivity index (χ4v) is 1.94. The van der Waals surface area contributed by atoms with E-state index < -0.39 is 23.3 Å². The lowest BCUT2D eigenvalue weighted by Crippen LogP contribution is -2.09. The van der Waals surface area contributed by atoms with E-state index in [2.05, 4.69) is 0 Å². The monoisotopic (exact) mass is 299 g/mol. The zero-order valence-corrected chi connectivity index (χ0v) is 11.0. The van der Waals surface area contributed by atoms with Crippen molar-refractivity contribution in [1.29, 1.82) is 0 Å². The highest BCUT2D eigenvalue weighted by atomic mass is 19.4. The van der Waals surface area contributed by atoms with Crippen molar-refractivity contribution >= 4 is 5.97 Å². The molecule has 0 fully saturated rings. The lowest BCUT2D eigenvalue weighted by Gasteiger charge is -2.05. The van der Waals surface area contributed by atoms with E-state index in [4.69, 9.17) is 9.84 Å². The van der Waals surface area contributed by atoms with Crippen molar-refractivity contribution in [2.24, 2.45) is 0 Å². The molecule has 0 unspecified atom stereocenters. The molecule has 1 heterocycles. The smallest absolute Gasteiger partial charge is 0.418 e. The summed E-state index contributed by atoms with van der Waals surface area (Å²) in [5, 5.41) is 8.85. The Balaban J connectivity index is 2.30. The number of ether oxygens (including phenoxy) is 1. The Bertz CT molecular complexity index is 644. The number of benzene rings is 1. The highest BCUT2D eigenvalue weighted by Crippen LogP contribution is 2.33. The fourth-order valence-electron chi connectivity index (χ4n) is 1.94. The third-order valence-electron chi connectivity index (χ3n) is 2.94. The Hall–Kier alpha value is -2.44. The van der Waals surface area contributed by atoms with Gasteiger partial charge in [0.05, 0.1) is 18.2 Å². The van der Waals surface area contributed by atoms with Gasteiger partial charge in [-0.1, -0.05) is 12.1 Å². The third kappa shape index (κ3) is 3.36. The number of rotatable bonds is 4. The van der Waals surface area contributed by atoms with Gasteiger partial charge in [0, 0.05) is 18.9 Å². The third-order valence-corrected chi connectivity index (χ3v) is 2.94. The first kappa shape index (κ1) is 15.0. The summed E-state index contributed by atoms with van der Waals surface area (Å²) in [5.41, 5.74) is -1.17. The average Bonchev–Trinajstić information content (AvgIpc) is 2.84. The average molecular weight is 299 g/mol. The molecule has 0 radical (unpaired) electrons. The van der Waals surface area contributed by atoms with Crippen LogP contribution >= 0.6 is 0 Å². The summed E-state index contributed by atoms with van der Waals surface area (Å²) < 4.78 is 44.5. The quantitative estimate of drug-likeness (QED) is 0.942. The summed E-state index contributed by atoms with van der Waals surface area (Å²) in [5.74, 6) is -0.968. The number of nitrogens with zero attached hydrogens (tertiary/aromatic N) is 1. The van der Waals surface area contributed by atoms with Gasteiger partial charge in [0.15, 0.2) is 0 Å². The van der Waals surface area contributed by atoms with E-state index in [9.17, 15) is 18.0 Å². The van der Waals surface area contributed by atoms with E-state index >= 15 is 0 Å². The normalized spacial score (nSPS) is 11.4. The van der Waals surface area contributed by atoms with Crippen LogP contribution in [-0.2, 0) is 12.7 Å². The van der Waals surface area contributed by atoms with Gasteiger partial charge in [-0.05, 0) is 17.7 Å². The molecule has 0 aliphatic rings. The lowest BCUT2D eigenvalue weighted by molar-refractivity contribution is -0.138. The van der Waals surface area contributed by atoms with Crippen LogP contribution in [0.3, 0.4) is 0 Å². The Kier molecular flexibility index (Phi) is 3.93. The molecule has 112 valence electrons. The van der Waals surface area contributed by atoms with Crippen LogP contribution in [0.25, 0.3) is 0 Å². The van der Waals surface area contributed by atoms with E-state index in [1.165, 1.54) is 11.7 Å². The van der Waals surface area contributed by atoms with Crippen LogP contribution in [0.5, 0.6) is 5.75 Å². The first-order valence-corrected chi connectivity index (χ1v) is 5.94. The highest BCUT2D eigenvalue weighted by Gasteiger charge is 2.36. The predicted octanol–water partition coefficient (Wildman–Crippen LogP) is 3.26. The molecule has 4 nitrogen and oxygen atoms in total. The second kappa shape index (κ2) is 5.51. The molecule has 7 heteroatoms. The number of aromatic carboxylic acids is 1. The van der Waals surface area contributed by atoms with Gasteiger partial charge in [-0.15, -0.1) is 0 Å². The SMILES string of the molecule is COc1ccc(Cn2cc(C(=O)O)c(C(F)(F)F)c2)cc1. The van der Waals surface area contributed by atoms with Crippen LogP contribution in [-0.4, -0.2) is 22.8 Å². The van der Waals surface area contributed by atoms with E-state index in [0.29, 0.717) is 5.75 Å². The summed E-state index contributed by atoms with van der Waals surface area (Å²) in [7, 11) is 1.51. The van der Waals surface area contributed by atoms with E-state index in [1.54, 1.807) is 24.3 Å². The topological polar surface area (TPSA) is 51.5 Å². The van der Waals surface area contributed by atoms with Crippen molar-refractivity contribution in [2.45, 2.75) is 12.7 Å². The van der Waals surface area contributed by atoms with Crippen molar-refractivity contribution in [1.82, 2.24) is 4.57 Å².